The number of hydrogen-bond donors (Lipinski definition) is 1. The number of hydrogen-bond acceptors (Lipinski definition) is 3. The average molecular weight is 325 g/mol. The number of nitrogens with zero attached hydrogens (tertiary/aromatic N) is 1. The highest BCUT2D eigenvalue weighted by molar-refractivity contribution is 9.10. The fourth-order valence-corrected chi connectivity index (χ4v) is 3.09. The molecular formula is C14H17BrN2S. The van der Waals surface area contributed by atoms with Crippen LogP contribution in [0.5, 0.6) is 0 Å². The molecule has 0 radical (unpaired) electrons. The summed E-state index contributed by atoms with van der Waals surface area (Å²) >= 11 is 5.25. The molecule has 2 aromatic rings. The number of anilines is 1. The van der Waals surface area contributed by atoms with E-state index in [1.807, 2.05) is 5.51 Å². The van der Waals surface area contributed by atoms with E-state index in [2.05, 4.69) is 58.3 Å². The van der Waals surface area contributed by atoms with Gasteiger partial charge in [0.2, 0.25) is 0 Å². The Kier molecular flexibility index (Phi) is 4.78. The number of benzene rings is 1. The summed E-state index contributed by atoms with van der Waals surface area (Å²) in [5, 5.41) is 3.51. The summed E-state index contributed by atoms with van der Waals surface area (Å²) in [7, 11) is 0. The normalized spacial score (nSPS) is 10.6. The average Bonchev–Trinajstić information content (AvgIpc) is 2.77. The molecule has 1 N–H and O–H groups in total. The Bertz CT molecular complexity index is 522. The smallest absolute Gasteiger partial charge is 0.0797 e. The standard InChI is InChI=1S/C14H17BrN2S/c1-3-11-8-12(15)4-5-13(11)16-7-6-14-10(2)17-9-18-14/h4-5,8-9,16H,3,6-7H2,1-2H3. The van der Waals surface area contributed by atoms with Crippen molar-refractivity contribution in [3.63, 3.8) is 0 Å². The maximum Gasteiger partial charge on any atom is 0.0797 e. The highest BCUT2D eigenvalue weighted by Crippen LogP contribution is 2.22. The van der Waals surface area contributed by atoms with E-state index < -0.39 is 0 Å². The monoisotopic (exact) mass is 324 g/mol. The highest BCUT2D eigenvalue weighted by atomic mass is 79.9. The van der Waals surface area contributed by atoms with E-state index in [0.717, 1.165) is 29.6 Å². The molecule has 1 heterocycles. The Morgan fingerprint density at radius 1 is 1.39 bits per heavy atom. The predicted octanol–water partition coefficient (Wildman–Crippen LogP) is 4.43. The third kappa shape index (κ3) is 3.33. The van der Waals surface area contributed by atoms with Gasteiger partial charge < -0.3 is 5.32 Å². The number of aryl methyl sites for hydroxylation is 2. The highest BCUT2D eigenvalue weighted by Gasteiger charge is 2.03. The fraction of sp³-hybridized carbons (Fsp3) is 0.357. The first-order valence-corrected chi connectivity index (χ1v) is 7.79. The van der Waals surface area contributed by atoms with E-state index in [9.17, 15) is 0 Å². The van der Waals surface area contributed by atoms with Crippen LogP contribution in [0.3, 0.4) is 0 Å². The molecular weight excluding hydrogens is 308 g/mol. The van der Waals surface area contributed by atoms with Crippen LogP contribution in [0.15, 0.2) is 28.2 Å². The van der Waals surface area contributed by atoms with Gasteiger partial charge in [-0.25, -0.2) is 4.98 Å². The van der Waals surface area contributed by atoms with Crippen LogP contribution < -0.4 is 5.32 Å². The second kappa shape index (κ2) is 6.34. The third-order valence-corrected chi connectivity index (χ3v) is 4.45. The number of aromatic nitrogens is 1. The second-order valence-electron chi connectivity index (χ2n) is 4.19. The zero-order chi connectivity index (χ0) is 13.0. The first-order valence-electron chi connectivity index (χ1n) is 6.12. The molecule has 18 heavy (non-hydrogen) atoms. The van der Waals surface area contributed by atoms with Gasteiger partial charge in [-0.15, -0.1) is 11.3 Å². The van der Waals surface area contributed by atoms with Crippen molar-refractivity contribution in [3.8, 4) is 0 Å². The van der Waals surface area contributed by atoms with Crippen molar-refractivity contribution in [2.24, 2.45) is 0 Å². The lowest BCUT2D eigenvalue weighted by atomic mass is 10.1. The predicted molar refractivity (Wildman–Crippen MR) is 82.6 cm³/mol. The summed E-state index contributed by atoms with van der Waals surface area (Å²) < 4.78 is 1.14. The molecule has 0 aliphatic carbocycles. The first kappa shape index (κ1) is 13.6. The minimum absolute atomic E-state index is 0.956. The molecule has 0 fully saturated rings. The Morgan fingerprint density at radius 2 is 2.22 bits per heavy atom. The Balaban J connectivity index is 1.96. The minimum atomic E-state index is 0.956. The fourth-order valence-electron chi connectivity index (χ4n) is 1.90. The first-order chi connectivity index (χ1) is 8.70. The lowest BCUT2D eigenvalue weighted by molar-refractivity contribution is 1.01. The zero-order valence-electron chi connectivity index (χ0n) is 10.7. The minimum Gasteiger partial charge on any atom is -0.384 e. The molecule has 0 aliphatic heterocycles. The van der Waals surface area contributed by atoms with Gasteiger partial charge in [-0.1, -0.05) is 22.9 Å². The van der Waals surface area contributed by atoms with Gasteiger partial charge >= 0.3 is 0 Å². The number of thiazole rings is 1. The molecule has 1 aromatic carbocycles. The summed E-state index contributed by atoms with van der Waals surface area (Å²) in [6, 6.07) is 6.40. The van der Waals surface area contributed by atoms with Crippen molar-refractivity contribution in [2.75, 3.05) is 11.9 Å². The molecule has 2 rings (SSSR count). The van der Waals surface area contributed by atoms with Crippen molar-refractivity contribution in [1.29, 1.82) is 0 Å². The Morgan fingerprint density at radius 3 is 2.89 bits per heavy atom. The lowest BCUT2D eigenvalue weighted by Crippen LogP contribution is -2.06. The van der Waals surface area contributed by atoms with Gasteiger partial charge in [0.1, 0.15) is 0 Å². The summed E-state index contributed by atoms with van der Waals surface area (Å²) in [5.41, 5.74) is 5.67. The molecule has 0 amide bonds. The van der Waals surface area contributed by atoms with Crippen molar-refractivity contribution in [2.45, 2.75) is 26.7 Å². The van der Waals surface area contributed by atoms with Gasteiger partial charge in [-0.2, -0.15) is 0 Å². The van der Waals surface area contributed by atoms with Crippen LogP contribution in [-0.4, -0.2) is 11.5 Å². The summed E-state index contributed by atoms with van der Waals surface area (Å²) in [6.07, 6.45) is 2.08. The zero-order valence-corrected chi connectivity index (χ0v) is 13.1. The third-order valence-electron chi connectivity index (χ3n) is 2.96. The van der Waals surface area contributed by atoms with E-state index in [-0.39, 0.29) is 0 Å². The molecule has 0 bridgehead atoms. The lowest BCUT2D eigenvalue weighted by Gasteiger charge is -2.11. The van der Waals surface area contributed by atoms with Crippen molar-refractivity contribution in [1.82, 2.24) is 4.98 Å². The molecule has 0 atom stereocenters. The van der Waals surface area contributed by atoms with Gasteiger partial charge in [0.25, 0.3) is 0 Å². The van der Waals surface area contributed by atoms with Gasteiger partial charge in [-0.3, -0.25) is 0 Å². The van der Waals surface area contributed by atoms with Crippen LogP contribution in [0.1, 0.15) is 23.1 Å². The number of rotatable bonds is 5. The Labute approximate surface area is 121 Å². The van der Waals surface area contributed by atoms with E-state index in [0.29, 0.717) is 0 Å². The van der Waals surface area contributed by atoms with Crippen LogP contribution in [0.4, 0.5) is 5.69 Å². The molecule has 4 heteroatoms. The van der Waals surface area contributed by atoms with Crippen LogP contribution in [0.2, 0.25) is 0 Å². The van der Waals surface area contributed by atoms with Crippen molar-refractivity contribution < 1.29 is 0 Å². The SMILES string of the molecule is CCc1cc(Br)ccc1NCCc1scnc1C. The topological polar surface area (TPSA) is 24.9 Å². The van der Waals surface area contributed by atoms with Crippen LogP contribution in [-0.2, 0) is 12.8 Å². The maximum absolute atomic E-state index is 4.27. The van der Waals surface area contributed by atoms with Gasteiger partial charge in [0, 0.05) is 28.0 Å². The maximum atomic E-state index is 4.27. The van der Waals surface area contributed by atoms with E-state index in [4.69, 9.17) is 0 Å². The van der Waals surface area contributed by atoms with Crippen LogP contribution in [0, 0.1) is 6.92 Å². The molecule has 0 saturated carbocycles. The number of nitrogens with one attached hydrogen (secondary N) is 1. The molecule has 0 saturated heterocycles. The summed E-state index contributed by atoms with van der Waals surface area (Å²) in [6.45, 7) is 5.21. The Hall–Kier alpha value is -0.870. The quantitative estimate of drug-likeness (QED) is 0.879. The molecule has 0 unspecified atom stereocenters. The summed E-state index contributed by atoms with van der Waals surface area (Å²) in [4.78, 5) is 5.64. The molecule has 2 nitrogen and oxygen atoms in total. The van der Waals surface area contributed by atoms with Crippen molar-refractivity contribution in [3.05, 3.63) is 44.3 Å². The van der Waals surface area contributed by atoms with Crippen LogP contribution >= 0.6 is 27.3 Å². The van der Waals surface area contributed by atoms with Crippen molar-refractivity contribution >= 4 is 33.0 Å². The largest absolute Gasteiger partial charge is 0.384 e. The molecule has 0 aliphatic rings. The van der Waals surface area contributed by atoms with E-state index in [1.54, 1.807) is 11.3 Å². The van der Waals surface area contributed by atoms with Gasteiger partial charge in [-0.05, 0) is 37.1 Å². The van der Waals surface area contributed by atoms with Gasteiger partial charge in [0.05, 0.1) is 11.2 Å². The van der Waals surface area contributed by atoms with E-state index in [1.165, 1.54) is 16.1 Å². The van der Waals surface area contributed by atoms with E-state index >= 15 is 0 Å². The number of halogens is 1. The molecule has 0 spiro atoms. The second-order valence-corrected chi connectivity index (χ2v) is 6.05. The van der Waals surface area contributed by atoms with Crippen LogP contribution in [0.25, 0.3) is 0 Å². The summed E-state index contributed by atoms with van der Waals surface area (Å²) in [5.74, 6) is 0. The molecule has 1 aromatic heterocycles. The van der Waals surface area contributed by atoms with Gasteiger partial charge in [0.15, 0.2) is 0 Å². The molecule has 96 valence electrons.